The van der Waals surface area contributed by atoms with Crippen LogP contribution in [0.25, 0.3) is 0 Å². The van der Waals surface area contributed by atoms with E-state index in [4.69, 9.17) is 33.0 Å². The van der Waals surface area contributed by atoms with E-state index in [1.54, 1.807) is 9.80 Å². The molecule has 2 aliphatic heterocycles. The molecule has 7 rings (SSSR count). The third kappa shape index (κ3) is 12.3. The first kappa shape index (κ1) is 46.7. The Hall–Kier alpha value is -5.41. The van der Waals surface area contributed by atoms with Gasteiger partial charge in [0.15, 0.2) is 5.75 Å². The van der Waals surface area contributed by atoms with Crippen molar-refractivity contribution >= 4 is 68.4 Å². The predicted molar refractivity (Wildman–Crippen MR) is 226 cm³/mol. The summed E-state index contributed by atoms with van der Waals surface area (Å²) in [5, 5.41) is 8.18. The Balaban J connectivity index is 0.000000245. The molecule has 0 aromatic heterocycles. The van der Waals surface area contributed by atoms with Gasteiger partial charge < -0.3 is 24.2 Å². The van der Waals surface area contributed by atoms with Crippen LogP contribution in [0.4, 0.5) is 11.4 Å². The molecule has 15 heteroatoms. The molecule has 2 amide bonds. The third-order valence-electron chi connectivity index (χ3n) is 9.38. The molecule has 2 aliphatic rings. The van der Waals surface area contributed by atoms with E-state index in [-0.39, 0.29) is 89.3 Å². The summed E-state index contributed by atoms with van der Waals surface area (Å²) in [7, 11) is -4.78. The Morgan fingerprint density at radius 1 is 0.623 bits per heavy atom. The van der Waals surface area contributed by atoms with Crippen LogP contribution in [-0.2, 0) is 42.4 Å². The topological polar surface area (TPSA) is 161 Å². The van der Waals surface area contributed by atoms with Crippen molar-refractivity contribution in [2.75, 3.05) is 9.80 Å². The van der Waals surface area contributed by atoms with Crippen LogP contribution in [0.15, 0.2) is 114 Å². The zero-order chi connectivity index (χ0) is 42.8. The minimum absolute atomic E-state index is 0. The van der Waals surface area contributed by atoms with Gasteiger partial charge in [0.2, 0.25) is 11.8 Å². The van der Waals surface area contributed by atoms with Crippen molar-refractivity contribution in [2.24, 2.45) is 0 Å². The second kappa shape index (κ2) is 21.4. The summed E-state index contributed by atoms with van der Waals surface area (Å²) in [4.78, 5) is 51.7. The SMILES string of the molecule is O=C(CCCC(=O)N1Cc2ccccc2C#Cc2ccccc21)Oc1c(Cl)cc(S(=O)(=O)[O-])cc1Cl.O=C(O)CCCC(=O)N1Cc2ccccc2C#Cc2ccccc21.[Na+]. The first-order chi connectivity index (χ1) is 28.8. The van der Waals surface area contributed by atoms with Crippen molar-refractivity contribution in [1.82, 2.24) is 0 Å². The van der Waals surface area contributed by atoms with E-state index in [1.807, 2.05) is 97.1 Å². The van der Waals surface area contributed by atoms with E-state index in [1.165, 1.54) is 0 Å². The number of esters is 1. The van der Waals surface area contributed by atoms with Crippen LogP contribution in [0.2, 0.25) is 10.0 Å². The van der Waals surface area contributed by atoms with E-state index in [0.717, 1.165) is 51.2 Å². The Morgan fingerprint density at radius 2 is 1.02 bits per heavy atom. The van der Waals surface area contributed by atoms with Crippen molar-refractivity contribution in [3.8, 4) is 29.4 Å². The number of anilines is 2. The monoisotopic (exact) mass is 884 g/mol. The summed E-state index contributed by atoms with van der Waals surface area (Å²) in [6.07, 6.45) is 0.666. The summed E-state index contributed by atoms with van der Waals surface area (Å²) in [6.45, 7) is 0.777. The third-order valence-corrected chi connectivity index (χ3v) is 10.8. The van der Waals surface area contributed by atoms with Gasteiger partial charge in [-0.15, -0.1) is 0 Å². The van der Waals surface area contributed by atoms with Gasteiger partial charge in [0.1, 0.15) is 10.1 Å². The van der Waals surface area contributed by atoms with Crippen LogP contribution in [0, 0.1) is 23.7 Å². The van der Waals surface area contributed by atoms with Crippen LogP contribution < -0.4 is 44.1 Å². The Morgan fingerprint density at radius 3 is 1.46 bits per heavy atom. The van der Waals surface area contributed by atoms with Crippen LogP contribution in [0.5, 0.6) is 5.75 Å². The number of nitrogens with zero attached hydrogens (tertiary/aromatic N) is 2. The summed E-state index contributed by atoms with van der Waals surface area (Å²) >= 11 is 11.9. The number of rotatable bonds is 10. The molecule has 0 saturated carbocycles. The number of halogens is 2. The number of aliphatic carboxylic acids is 1. The predicted octanol–water partition coefficient (Wildman–Crippen LogP) is 5.11. The maximum atomic E-state index is 13.2. The van der Waals surface area contributed by atoms with E-state index < -0.39 is 27.0 Å². The number of carboxylic acid groups (broad SMARTS) is 1. The molecule has 1 N–H and O–H groups in total. The number of para-hydroxylation sites is 2. The summed E-state index contributed by atoms with van der Waals surface area (Å²) in [5.41, 5.74) is 6.67. The van der Waals surface area contributed by atoms with E-state index in [9.17, 15) is 32.1 Å². The maximum absolute atomic E-state index is 13.2. The Bertz CT molecular complexity index is 2720. The van der Waals surface area contributed by atoms with Crippen molar-refractivity contribution in [3.05, 3.63) is 153 Å². The number of hydrogen-bond acceptors (Lipinski definition) is 8. The molecule has 0 unspecified atom stereocenters. The fourth-order valence-electron chi connectivity index (χ4n) is 6.40. The zero-order valence-electron chi connectivity index (χ0n) is 32.8. The molecule has 2 heterocycles. The number of benzene rings is 5. The van der Waals surface area contributed by atoms with Crippen LogP contribution >= 0.6 is 23.2 Å². The Kier molecular flexibility index (Phi) is 16.4. The van der Waals surface area contributed by atoms with Crippen molar-refractivity contribution in [1.29, 1.82) is 0 Å². The molecule has 0 fully saturated rings. The fraction of sp³-hybridized carbons (Fsp3) is 0.174. The van der Waals surface area contributed by atoms with Gasteiger partial charge in [0.05, 0.1) is 39.4 Å². The molecule has 61 heavy (non-hydrogen) atoms. The van der Waals surface area contributed by atoms with Gasteiger partial charge >= 0.3 is 41.5 Å². The molecule has 0 atom stereocenters. The van der Waals surface area contributed by atoms with Gasteiger partial charge in [-0.05, 0) is 72.5 Å². The van der Waals surface area contributed by atoms with E-state index in [0.29, 0.717) is 25.2 Å². The van der Waals surface area contributed by atoms with Gasteiger partial charge in [-0.3, -0.25) is 19.2 Å². The van der Waals surface area contributed by atoms with E-state index in [2.05, 4.69) is 23.7 Å². The fourth-order valence-corrected chi connectivity index (χ4v) is 7.62. The normalized spacial score (nSPS) is 12.0. The molecule has 5 aromatic carbocycles. The average molecular weight is 886 g/mol. The van der Waals surface area contributed by atoms with Gasteiger partial charge in [0, 0.05) is 47.9 Å². The molecule has 0 aliphatic carbocycles. The van der Waals surface area contributed by atoms with E-state index >= 15 is 0 Å². The van der Waals surface area contributed by atoms with Gasteiger partial charge in [-0.1, -0.05) is 108 Å². The first-order valence-corrected chi connectivity index (χ1v) is 20.8. The first-order valence-electron chi connectivity index (χ1n) is 18.6. The summed E-state index contributed by atoms with van der Waals surface area (Å²) in [6, 6.07) is 32.1. The molecule has 304 valence electrons. The molecule has 0 bridgehead atoms. The maximum Gasteiger partial charge on any atom is 1.00 e. The van der Waals surface area contributed by atoms with Crippen molar-refractivity contribution in [2.45, 2.75) is 56.5 Å². The zero-order valence-corrected chi connectivity index (χ0v) is 37.1. The molecule has 11 nitrogen and oxygen atoms in total. The number of hydrogen-bond donors (Lipinski definition) is 1. The largest absolute Gasteiger partial charge is 1.00 e. The standard InChI is InChI=1S/C26H19Cl2NO6S.C20H17NO3.Na/c27-21-14-20(36(32,33)34)15-22(28)26(21)35-25(31)11-5-10-24(30)29-16-19-8-2-1-6-17(19)12-13-18-7-3-4-9-23(18)29;22-19(10-5-11-20(23)24)21-14-17-8-2-1-6-15(17)12-13-16-7-3-4-9-18(16)21;/h1-4,6-9,14-15H,5,10-11,16H2,(H,32,33,34);1-4,6-9H,5,10-11,14H2,(H,23,24);/q;;+1/p-1. The summed E-state index contributed by atoms with van der Waals surface area (Å²) in [5.74, 6) is 10.5. The molecule has 0 spiro atoms. The number of carboxylic acids is 1. The quantitative estimate of drug-likeness (QED) is 0.0661. The molecule has 5 aromatic rings. The minimum atomic E-state index is -4.78. The second-order valence-electron chi connectivity index (χ2n) is 13.6. The van der Waals surface area contributed by atoms with Crippen LogP contribution in [-0.4, -0.2) is 41.8 Å². The van der Waals surface area contributed by atoms with Gasteiger partial charge in [-0.25, -0.2) is 8.42 Å². The van der Waals surface area contributed by atoms with Crippen LogP contribution in [0.3, 0.4) is 0 Å². The van der Waals surface area contributed by atoms with Crippen molar-refractivity contribution < 1.29 is 71.5 Å². The van der Waals surface area contributed by atoms with Gasteiger partial charge in [-0.2, -0.15) is 0 Å². The smallest absolute Gasteiger partial charge is 0.744 e. The number of amides is 2. The molecule has 0 saturated heterocycles. The molecular formula is C46H35Cl2N2NaO9S. The second-order valence-corrected chi connectivity index (χ2v) is 15.7. The Labute approximate surface area is 385 Å². The molecule has 0 radical (unpaired) electrons. The number of carbonyl (C=O) groups excluding carboxylic acids is 3. The van der Waals surface area contributed by atoms with Crippen molar-refractivity contribution in [3.63, 3.8) is 0 Å². The van der Waals surface area contributed by atoms with Crippen LogP contribution in [0.1, 0.15) is 71.9 Å². The average Bonchev–Trinajstić information content (AvgIpc) is 3.20. The number of ether oxygens (including phenoxy) is 1. The number of carbonyl (C=O) groups is 4. The summed E-state index contributed by atoms with van der Waals surface area (Å²) < 4.78 is 38.7. The molecular weight excluding hydrogens is 850 g/mol. The number of fused-ring (bicyclic) bond motifs is 4. The minimum Gasteiger partial charge on any atom is -0.744 e. The van der Waals surface area contributed by atoms with Gasteiger partial charge in [0.25, 0.3) is 0 Å².